The molecule has 0 aliphatic carbocycles. The van der Waals surface area contributed by atoms with Gasteiger partial charge in [-0.25, -0.2) is 4.39 Å². The fraction of sp³-hybridized carbons (Fsp3) is 0.333. The molecule has 0 fully saturated rings. The number of hydrogen-bond donors (Lipinski definition) is 0. The average Bonchev–Trinajstić information content (AvgIpc) is 2.66. The first-order chi connectivity index (χ1) is 7.58. The second-order valence-electron chi connectivity index (χ2n) is 4.07. The molecule has 1 aromatic carbocycles. The van der Waals surface area contributed by atoms with E-state index in [4.69, 9.17) is 4.52 Å². The van der Waals surface area contributed by atoms with E-state index < -0.39 is 0 Å². The van der Waals surface area contributed by atoms with Gasteiger partial charge in [-0.2, -0.15) is 4.98 Å². The van der Waals surface area contributed by atoms with Gasteiger partial charge in [0.1, 0.15) is 5.82 Å². The van der Waals surface area contributed by atoms with Crippen LogP contribution in [0.15, 0.2) is 22.7 Å². The Morgan fingerprint density at radius 1 is 1.31 bits per heavy atom. The van der Waals surface area contributed by atoms with Crippen LogP contribution in [0.3, 0.4) is 0 Å². The zero-order chi connectivity index (χ0) is 11.7. The average molecular weight is 220 g/mol. The Morgan fingerprint density at radius 2 is 2.06 bits per heavy atom. The van der Waals surface area contributed by atoms with Crippen molar-refractivity contribution < 1.29 is 8.91 Å². The lowest BCUT2D eigenvalue weighted by Gasteiger charge is -1.99. The molecule has 3 nitrogen and oxygen atoms in total. The highest BCUT2D eigenvalue weighted by Gasteiger charge is 2.13. The van der Waals surface area contributed by atoms with E-state index in [2.05, 4.69) is 10.1 Å². The lowest BCUT2D eigenvalue weighted by Crippen LogP contribution is -1.89. The van der Waals surface area contributed by atoms with Gasteiger partial charge in [-0.15, -0.1) is 0 Å². The fourth-order valence-corrected chi connectivity index (χ4v) is 1.46. The van der Waals surface area contributed by atoms with Crippen molar-refractivity contribution in [3.8, 4) is 11.4 Å². The Balaban J connectivity index is 2.42. The van der Waals surface area contributed by atoms with E-state index in [1.165, 1.54) is 12.1 Å². The maximum absolute atomic E-state index is 12.9. The van der Waals surface area contributed by atoms with Crippen molar-refractivity contribution in [2.45, 2.75) is 26.7 Å². The second kappa shape index (κ2) is 4.04. The summed E-state index contributed by atoms with van der Waals surface area (Å²) in [5.41, 5.74) is 1.60. The maximum Gasteiger partial charge on any atom is 0.229 e. The standard InChI is InChI=1S/C12H13FN2O/c1-7(2)12-14-11(15-16-12)10-5-4-9(13)6-8(10)3/h4-7H,1-3H3. The Bertz CT molecular complexity index is 505. The van der Waals surface area contributed by atoms with Crippen LogP contribution in [-0.2, 0) is 0 Å². The van der Waals surface area contributed by atoms with Gasteiger partial charge in [0.25, 0.3) is 0 Å². The number of rotatable bonds is 2. The van der Waals surface area contributed by atoms with E-state index in [0.29, 0.717) is 11.7 Å². The monoisotopic (exact) mass is 220 g/mol. The molecular weight excluding hydrogens is 207 g/mol. The van der Waals surface area contributed by atoms with E-state index in [1.807, 2.05) is 20.8 Å². The van der Waals surface area contributed by atoms with E-state index in [1.54, 1.807) is 6.07 Å². The van der Waals surface area contributed by atoms with Crippen LogP contribution in [0.2, 0.25) is 0 Å². The minimum Gasteiger partial charge on any atom is -0.339 e. The number of hydrogen-bond acceptors (Lipinski definition) is 3. The number of aryl methyl sites for hydroxylation is 1. The van der Waals surface area contributed by atoms with E-state index in [-0.39, 0.29) is 11.7 Å². The highest BCUT2D eigenvalue weighted by atomic mass is 19.1. The van der Waals surface area contributed by atoms with Gasteiger partial charge in [0.2, 0.25) is 11.7 Å². The zero-order valence-corrected chi connectivity index (χ0v) is 9.49. The molecule has 0 bridgehead atoms. The molecule has 16 heavy (non-hydrogen) atoms. The van der Waals surface area contributed by atoms with Crippen molar-refractivity contribution >= 4 is 0 Å². The summed E-state index contributed by atoms with van der Waals surface area (Å²) in [5, 5.41) is 3.89. The zero-order valence-electron chi connectivity index (χ0n) is 9.49. The predicted molar refractivity (Wildman–Crippen MR) is 58.5 cm³/mol. The Morgan fingerprint density at radius 3 is 2.62 bits per heavy atom. The molecule has 0 N–H and O–H groups in total. The van der Waals surface area contributed by atoms with Gasteiger partial charge in [-0.05, 0) is 30.7 Å². The molecule has 0 aliphatic rings. The first-order valence-corrected chi connectivity index (χ1v) is 5.18. The van der Waals surface area contributed by atoms with Crippen LogP contribution in [-0.4, -0.2) is 10.1 Å². The Labute approximate surface area is 93.3 Å². The summed E-state index contributed by atoms with van der Waals surface area (Å²) in [6, 6.07) is 4.52. The number of halogens is 1. The van der Waals surface area contributed by atoms with E-state index in [9.17, 15) is 4.39 Å². The minimum atomic E-state index is -0.256. The molecular formula is C12H13FN2O. The van der Waals surface area contributed by atoms with E-state index >= 15 is 0 Å². The molecule has 0 saturated heterocycles. The second-order valence-corrected chi connectivity index (χ2v) is 4.07. The van der Waals surface area contributed by atoms with Crippen LogP contribution in [0, 0.1) is 12.7 Å². The third-order valence-corrected chi connectivity index (χ3v) is 2.36. The lowest BCUT2D eigenvalue weighted by atomic mass is 10.1. The van der Waals surface area contributed by atoms with Gasteiger partial charge in [0.05, 0.1) is 0 Å². The largest absolute Gasteiger partial charge is 0.339 e. The van der Waals surface area contributed by atoms with Crippen molar-refractivity contribution in [2.24, 2.45) is 0 Å². The molecule has 4 heteroatoms. The van der Waals surface area contributed by atoms with Gasteiger partial charge >= 0.3 is 0 Å². The van der Waals surface area contributed by atoms with Gasteiger partial charge in [-0.3, -0.25) is 0 Å². The molecule has 2 aromatic rings. The molecule has 1 heterocycles. The smallest absolute Gasteiger partial charge is 0.229 e. The molecule has 0 unspecified atom stereocenters. The summed E-state index contributed by atoms with van der Waals surface area (Å²) >= 11 is 0. The molecule has 0 atom stereocenters. The van der Waals surface area contributed by atoms with E-state index in [0.717, 1.165) is 11.1 Å². The van der Waals surface area contributed by atoms with Crippen molar-refractivity contribution in [3.63, 3.8) is 0 Å². The molecule has 2 rings (SSSR count). The van der Waals surface area contributed by atoms with Crippen LogP contribution >= 0.6 is 0 Å². The summed E-state index contributed by atoms with van der Waals surface area (Å²) < 4.78 is 18.0. The summed E-state index contributed by atoms with van der Waals surface area (Å²) in [5.74, 6) is 1.05. The summed E-state index contributed by atoms with van der Waals surface area (Å²) in [6.07, 6.45) is 0. The SMILES string of the molecule is Cc1cc(F)ccc1-c1noc(C(C)C)n1. The number of aromatic nitrogens is 2. The summed E-state index contributed by atoms with van der Waals surface area (Å²) in [6.45, 7) is 5.79. The lowest BCUT2D eigenvalue weighted by molar-refractivity contribution is 0.365. The molecule has 0 radical (unpaired) electrons. The van der Waals surface area contributed by atoms with Crippen molar-refractivity contribution in [2.75, 3.05) is 0 Å². The molecule has 0 amide bonds. The molecule has 84 valence electrons. The van der Waals surface area contributed by atoms with Crippen LogP contribution in [0.4, 0.5) is 4.39 Å². The molecule has 0 aliphatic heterocycles. The topological polar surface area (TPSA) is 38.9 Å². The molecule has 1 aromatic heterocycles. The van der Waals surface area contributed by atoms with Crippen molar-refractivity contribution in [1.29, 1.82) is 0 Å². The normalized spacial score (nSPS) is 11.1. The third kappa shape index (κ3) is 1.96. The maximum atomic E-state index is 12.9. The highest BCUT2D eigenvalue weighted by Crippen LogP contribution is 2.23. The van der Waals surface area contributed by atoms with Crippen molar-refractivity contribution in [3.05, 3.63) is 35.5 Å². The third-order valence-electron chi connectivity index (χ3n) is 2.36. The number of benzene rings is 1. The molecule has 0 saturated carbocycles. The number of nitrogens with zero attached hydrogens (tertiary/aromatic N) is 2. The van der Waals surface area contributed by atoms with Gasteiger partial charge < -0.3 is 4.52 Å². The molecule has 0 spiro atoms. The van der Waals surface area contributed by atoms with Crippen LogP contribution in [0.25, 0.3) is 11.4 Å². The first-order valence-electron chi connectivity index (χ1n) is 5.18. The quantitative estimate of drug-likeness (QED) is 0.779. The summed E-state index contributed by atoms with van der Waals surface area (Å²) in [7, 11) is 0. The van der Waals surface area contributed by atoms with Crippen LogP contribution < -0.4 is 0 Å². The summed E-state index contributed by atoms with van der Waals surface area (Å²) in [4.78, 5) is 4.27. The first kappa shape index (κ1) is 10.8. The van der Waals surface area contributed by atoms with Gasteiger partial charge in [0.15, 0.2) is 0 Å². The highest BCUT2D eigenvalue weighted by molar-refractivity contribution is 5.59. The fourth-order valence-electron chi connectivity index (χ4n) is 1.46. The van der Waals surface area contributed by atoms with Gasteiger partial charge in [0, 0.05) is 11.5 Å². The predicted octanol–water partition coefficient (Wildman–Crippen LogP) is 3.31. The van der Waals surface area contributed by atoms with Gasteiger partial charge in [-0.1, -0.05) is 19.0 Å². The Hall–Kier alpha value is -1.71. The van der Waals surface area contributed by atoms with Crippen LogP contribution in [0.1, 0.15) is 31.2 Å². The Kier molecular flexibility index (Phi) is 2.73. The van der Waals surface area contributed by atoms with Crippen LogP contribution in [0.5, 0.6) is 0 Å². The van der Waals surface area contributed by atoms with Crippen molar-refractivity contribution in [1.82, 2.24) is 10.1 Å². The minimum absolute atomic E-state index is 0.196.